The van der Waals surface area contributed by atoms with E-state index in [1.807, 2.05) is 0 Å². The minimum atomic E-state index is -0.501. The first kappa shape index (κ1) is 9.85. The van der Waals surface area contributed by atoms with E-state index in [0.29, 0.717) is 4.47 Å². The predicted molar refractivity (Wildman–Crippen MR) is 51.6 cm³/mol. The normalized spacial score (nSPS) is 9.69. The second-order valence-electron chi connectivity index (χ2n) is 2.38. The summed E-state index contributed by atoms with van der Waals surface area (Å²) in [6.45, 7) is 0. The lowest BCUT2D eigenvalue weighted by Gasteiger charge is -2.04. The molecule has 0 saturated carbocycles. The topological polar surface area (TPSA) is 72.5 Å². The first-order chi connectivity index (χ1) is 6.06. The number of halogens is 1. The number of methoxy groups -OCH3 is 1. The fourth-order valence-electron chi connectivity index (χ4n) is 0.846. The molecule has 0 aliphatic rings. The number of carbonyl (C=O) groups excluding carboxylic acids is 1. The molecule has 0 amide bonds. The van der Waals surface area contributed by atoms with Crippen molar-refractivity contribution in [2.75, 3.05) is 12.8 Å². The van der Waals surface area contributed by atoms with Gasteiger partial charge in [-0.05, 0) is 28.1 Å². The number of aromatic hydroxyl groups is 1. The van der Waals surface area contributed by atoms with Gasteiger partial charge in [0.25, 0.3) is 0 Å². The van der Waals surface area contributed by atoms with Crippen LogP contribution in [-0.4, -0.2) is 18.2 Å². The molecule has 4 nitrogen and oxygen atoms in total. The Morgan fingerprint density at radius 1 is 1.62 bits per heavy atom. The molecule has 0 aliphatic carbocycles. The van der Waals surface area contributed by atoms with E-state index < -0.39 is 5.97 Å². The average Bonchev–Trinajstić information content (AvgIpc) is 2.10. The first-order valence-electron chi connectivity index (χ1n) is 3.42. The van der Waals surface area contributed by atoms with Gasteiger partial charge in [-0.2, -0.15) is 0 Å². The maximum atomic E-state index is 11.1. The molecule has 5 heteroatoms. The largest absolute Gasteiger partial charge is 0.506 e. The Kier molecular flexibility index (Phi) is 2.77. The van der Waals surface area contributed by atoms with Crippen molar-refractivity contribution < 1.29 is 14.6 Å². The van der Waals surface area contributed by atoms with Gasteiger partial charge in [0.1, 0.15) is 5.75 Å². The quantitative estimate of drug-likeness (QED) is 0.447. The molecule has 0 atom stereocenters. The van der Waals surface area contributed by atoms with E-state index in [4.69, 9.17) is 5.73 Å². The molecule has 0 radical (unpaired) electrons. The van der Waals surface area contributed by atoms with Crippen molar-refractivity contribution in [3.63, 3.8) is 0 Å². The lowest BCUT2D eigenvalue weighted by atomic mass is 10.2. The molecule has 0 bridgehead atoms. The van der Waals surface area contributed by atoms with Crippen molar-refractivity contribution in [1.82, 2.24) is 0 Å². The number of phenols is 1. The summed E-state index contributed by atoms with van der Waals surface area (Å²) in [5.41, 5.74) is 5.84. The average molecular weight is 246 g/mol. The van der Waals surface area contributed by atoms with Gasteiger partial charge < -0.3 is 15.6 Å². The Morgan fingerprint density at radius 2 is 2.23 bits per heavy atom. The summed E-state index contributed by atoms with van der Waals surface area (Å²) in [5.74, 6) is -0.571. The minimum Gasteiger partial charge on any atom is -0.506 e. The van der Waals surface area contributed by atoms with Gasteiger partial charge in [-0.3, -0.25) is 0 Å². The van der Waals surface area contributed by atoms with Crippen LogP contribution in [0.1, 0.15) is 10.4 Å². The zero-order chi connectivity index (χ0) is 10.0. The van der Waals surface area contributed by atoms with Crippen molar-refractivity contribution in [2.24, 2.45) is 0 Å². The Balaban J connectivity index is 3.23. The molecule has 70 valence electrons. The first-order valence-corrected chi connectivity index (χ1v) is 4.22. The summed E-state index contributed by atoms with van der Waals surface area (Å²) in [7, 11) is 1.28. The highest BCUT2D eigenvalue weighted by Gasteiger charge is 2.12. The van der Waals surface area contributed by atoms with Gasteiger partial charge in [-0.25, -0.2) is 4.79 Å². The lowest BCUT2D eigenvalue weighted by Crippen LogP contribution is -2.03. The summed E-state index contributed by atoms with van der Waals surface area (Å²) in [6.07, 6.45) is 0. The predicted octanol–water partition coefficient (Wildman–Crippen LogP) is 1.52. The van der Waals surface area contributed by atoms with Crippen LogP contribution in [0.3, 0.4) is 0 Å². The smallest absolute Gasteiger partial charge is 0.339 e. The number of nitrogen functional groups attached to an aromatic ring is 1. The number of anilines is 1. The van der Waals surface area contributed by atoms with E-state index >= 15 is 0 Å². The molecule has 0 unspecified atom stereocenters. The summed E-state index contributed by atoms with van der Waals surface area (Å²) >= 11 is 3.11. The molecule has 0 heterocycles. The Morgan fingerprint density at radius 3 is 2.77 bits per heavy atom. The molecule has 0 aliphatic heterocycles. The monoisotopic (exact) mass is 245 g/mol. The van der Waals surface area contributed by atoms with Crippen LogP contribution in [0.2, 0.25) is 0 Å². The van der Waals surface area contributed by atoms with E-state index in [1.54, 1.807) is 0 Å². The van der Waals surface area contributed by atoms with Crippen LogP contribution < -0.4 is 5.73 Å². The molecule has 0 aromatic heterocycles. The minimum absolute atomic E-state index is 0.0699. The SMILES string of the molecule is COC(=O)c1cc(N)c(O)cc1Br. The molecular formula is C8H8BrNO3. The number of carbonyl (C=O) groups is 1. The molecular weight excluding hydrogens is 238 g/mol. The molecule has 13 heavy (non-hydrogen) atoms. The standard InChI is InChI=1S/C8H8BrNO3/c1-13-8(12)4-2-6(10)7(11)3-5(4)9/h2-3,11H,10H2,1H3. The molecule has 1 rings (SSSR count). The number of hydrogen-bond acceptors (Lipinski definition) is 4. The van der Waals surface area contributed by atoms with E-state index in [9.17, 15) is 9.90 Å². The summed E-state index contributed by atoms with van der Waals surface area (Å²) in [4.78, 5) is 11.1. The van der Waals surface area contributed by atoms with Crippen molar-refractivity contribution >= 4 is 27.6 Å². The van der Waals surface area contributed by atoms with Crippen molar-refractivity contribution in [2.45, 2.75) is 0 Å². The van der Waals surface area contributed by atoms with Crippen LogP contribution in [0.4, 0.5) is 5.69 Å². The van der Waals surface area contributed by atoms with Crippen molar-refractivity contribution in [3.8, 4) is 5.75 Å². The summed E-state index contributed by atoms with van der Waals surface area (Å²) < 4.78 is 4.96. The van der Waals surface area contributed by atoms with Gasteiger partial charge in [0.05, 0.1) is 18.4 Å². The number of ether oxygens (including phenoxy) is 1. The molecule has 0 saturated heterocycles. The van der Waals surface area contributed by atoms with Crippen molar-refractivity contribution in [3.05, 3.63) is 22.2 Å². The molecule has 1 aromatic rings. The number of nitrogens with two attached hydrogens (primary N) is 1. The van der Waals surface area contributed by atoms with Crippen LogP contribution in [0, 0.1) is 0 Å². The highest BCUT2D eigenvalue weighted by atomic mass is 79.9. The lowest BCUT2D eigenvalue weighted by molar-refractivity contribution is 0.0600. The van der Waals surface area contributed by atoms with Gasteiger partial charge in [0.2, 0.25) is 0 Å². The third-order valence-corrected chi connectivity index (χ3v) is 2.18. The fraction of sp³-hybridized carbons (Fsp3) is 0.125. The van der Waals surface area contributed by atoms with E-state index in [2.05, 4.69) is 20.7 Å². The second kappa shape index (κ2) is 3.66. The maximum absolute atomic E-state index is 11.1. The van der Waals surface area contributed by atoms with Gasteiger partial charge in [-0.15, -0.1) is 0 Å². The highest BCUT2D eigenvalue weighted by Crippen LogP contribution is 2.28. The fourth-order valence-corrected chi connectivity index (χ4v) is 1.34. The molecule has 0 spiro atoms. The van der Waals surface area contributed by atoms with Crippen molar-refractivity contribution in [1.29, 1.82) is 0 Å². The third-order valence-electron chi connectivity index (χ3n) is 1.52. The zero-order valence-corrected chi connectivity index (χ0v) is 8.46. The highest BCUT2D eigenvalue weighted by molar-refractivity contribution is 9.10. The van der Waals surface area contributed by atoms with Gasteiger partial charge in [0, 0.05) is 4.47 Å². The summed E-state index contributed by atoms with van der Waals surface area (Å²) in [6, 6.07) is 2.70. The van der Waals surface area contributed by atoms with Crippen LogP contribution in [-0.2, 0) is 4.74 Å². The van der Waals surface area contributed by atoms with Gasteiger partial charge in [-0.1, -0.05) is 0 Å². The Hall–Kier alpha value is -1.23. The van der Waals surface area contributed by atoms with Crippen LogP contribution in [0.15, 0.2) is 16.6 Å². The van der Waals surface area contributed by atoms with E-state index in [-0.39, 0.29) is 17.0 Å². The third kappa shape index (κ3) is 1.92. The van der Waals surface area contributed by atoms with Crippen LogP contribution in [0.25, 0.3) is 0 Å². The van der Waals surface area contributed by atoms with Gasteiger partial charge >= 0.3 is 5.97 Å². The number of phenolic OH excluding ortho intramolecular Hbond substituents is 1. The molecule has 3 N–H and O–H groups in total. The maximum Gasteiger partial charge on any atom is 0.339 e. The molecule has 0 fully saturated rings. The van der Waals surface area contributed by atoms with E-state index in [1.165, 1.54) is 19.2 Å². The van der Waals surface area contributed by atoms with E-state index in [0.717, 1.165) is 0 Å². The zero-order valence-electron chi connectivity index (χ0n) is 6.87. The number of rotatable bonds is 1. The number of benzene rings is 1. The van der Waals surface area contributed by atoms with Crippen LogP contribution >= 0.6 is 15.9 Å². The van der Waals surface area contributed by atoms with Crippen LogP contribution in [0.5, 0.6) is 5.75 Å². The Labute approximate surface area is 83.4 Å². The Bertz CT molecular complexity index is 351. The van der Waals surface area contributed by atoms with Gasteiger partial charge in [0.15, 0.2) is 0 Å². The number of hydrogen-bond donors (Lipinski definition) is 2. The summed E-state index contributed by atoms with van der Waals surface area (Å²) in [5, 5.41) is 9.17. The number of esters is 1. The second-order valence-corrected chi connectivity index (χ2v) is 3.24. The molecule has 1 aromatic carbocycles.